The Morgan fingerprint density at radius 3 is 1.19 bits per heavy atom. The van der Waals surface area contributed by atoms with E-state index in [0.717, 1.165) is 75.7 Å². The Labute approximate surface area is 327 Å². The van der Waals surface area contributed by atoms with Crippen molar-refractivity contribution in [2.24, 2.45) is 0 Å². The molecular formula is C46H38N4OS3. The fraction of sp³-hybridized carbons (Fsp3) is 0.130. The lowest BCUT2D eigenvalue weighted by molar-refractivity contribution is 0.682. The van der Waals surface area contributed by atoms with Gasteiger partial charge in [-0.05, 0) is 109 Å². The molecule has 0 bridgehead atoms. The lowest BCUT2D eigenvalue weighted by Gasteiger charge is -2.06. The highest BCUT2D eigenvalue weighted by Gasteiger charge is 2.19. The molecule has 0 N–H and O–H groups in total. The van der Waals surface area contributed by atoms with Gasteiger partial charge in [0.25, 0.3) is 0 Å². The molecule has 0 radical (unpaired) electrons. The van der Waals surface area contributed by atoms with Crippen molar-refractivity contribution in [3.63, 3.8) is 0 Å². The Hall–Kier alpha value is -5.41. The molecule has 0 aliphatic rings. The third-order valence-electron chi connectivity index (χ3n) is 9.76. The number of thiazole rings is 2. The largest absolute Gasteiger partial charge is 0.265 e. The number of hydrogen-bond donors (Lipinski definition) is 0. The summed E-state index contributed by atoms with van der Waals surface area (Å²) in [5.74, 6) is 0.967. The van der Waals surface area contributed by atoms with E-state index < -0.39 is 10.8 Å². The Balaban J connectivity index is 0.977. The molecule has 0 atom stereocenters. The smallest absolute Gasteiger partial charge is 0.124 e. The quantitative estimate of drug-likeness (QED) is 0.139. The summed E-state index contributed by atoms with van der Waals surface area (Å²) in [4.78, 5) is 21.0. The van der Waals surface area contributed by atoms with E-state index in [9.17, 15) is 4.21 Å². The molecule has 4 aromatic heterocycles. The van der Waals surface area contributed by atoms with Crippen LogP contribution in [0.15, 0.2) is 134 Å². The number of rotatable bonds is 10. The maximum absolute atomic E-state index is 13.4. The minimum absolute atomic E-state index is 0.483. The van der Waals surface area contributed by atoms with Crippen LogP contribution in [-0.4, -0.2) is 24.1 Å². The van der Waals surface area contributed by atoms with Gasteiger partial charge in [0.15, 0.2) is 0 Å². The van der Waals surface area contributed by atoms with Gasteiger partial charge in [-0.1, -0.05) is 72.8 Å². The Kier molecular flexibility index (Phi) is 10.2. The maximum Gasteiger partial charge on any atom is 0.124 e. The van der Waals surface area contributed by atoms with Gasteiger partial charge in [0.05, 0.1) is 21.1 Å². The van der Waals surface area contributed by atoms with E-state index in [0.29, 0.717) is 11.5 Å². The molecule has 0 saturated carbocycles. The molecule has 0 amide bonds. The van der Waals surface area contributed by atoms with Crippen LogP contribution in [0.4, 0.5) is 0 Å². The Bertz CT molecular complexity index is 2410. The molecule has 0 aliphatic heterocycles. The van der Waals surface area contributed by atoms with Gasteiger partial charge in [-0.3, -0.25) is 14.2 Å². The third kappa shape index (κ3) is 7.64. The zero-order valence-electron chi connectivity index (χ0n) is 30.5. The first kappa shape index (κ1) is 35.6. The molecule has 0 saturated heterocycles. The molecule has 54 heavy (non-hydrogen) atoms. The normalized spacial score (nSPS) is 11.4. The first-order valence-corrected chi connectivity index (χ1v) is 20.9. The van der Waals surface area contributed by atoms with Crippen molar-refractivity contribution >= 4 is 33.5 Å². The van der Waals surface area contributed by atoms with Gasteiger partial charge in [0.1, 0.15) is 10.0 Å². The predicted octanol–water partition coefficient (Wildman–Crippen LogP) is 12.1. The van der Waals surface area contributed by atoms with Crippen molar-refractivity contribution in [2.75, 3.05) is 0 Å². The molecule has 5 nitrogen and oxygen atoms in total. The lowest BCUT2D eigenvalue weighted by Crippen LogP contribution is -1.99. The standard InChI is InChI=1S/C46H38N4OS3/c1-29-5-11-39(25-31(29)3)41-43(35-17-21-47-22-18-35)52-45(49-41)37-13-7-33(8-14-37)27-54(51)28-34-9-15-38(16-10-34)46-50-42(40-12-6-30(2)32(4)26-40)44(53-46)36-19-23-48-24-20-36/h5-26H,27-28H2,1-4H3. The SMILES string of the molecule is Cc1ccc(-c2nc(-c3ccc(CS(=O)Cc4ccc(-c5nc(-c6ccc(C)c(C)c6)c(-c6ccncc6)s5)cc4)cc3)sc2-c2ccncc2)cc1C. The van der Waals surface area contributed by atoms with E-state index in [4.69, 9.17) is 9.97 Å². The van der Waals surface area contributed by atoms with Crippen LogP contribution in [0.2, 0.25) is 0 Å². The topological polar surface area (TPSA) is 68.6 Å². The molecule has 0 aliphatic carbocycles. The van der Waals surface area contributed by atoms with E-state index in [1.54, 1.807) is 22.7 Å². The average Bonchev–Trinajstić information content (AvgIpc) is 3.85. The van der Waals surface area contributed by atoms with Crippen molar-refractivity contribution in [3.8, 4) is 64.5 Å². The second-order valence-electron chi connectivity index (χ2n) is 13.6. The van der Waals surface area contributed by atoms with Crippen molar-refractivity contribution in [1.82, 2.24) is 19.9 Å². The molecular weight excluding hydrogens is 721 g/mol. The summed E-state index contributed by atoms with van der Waals surface area (Å²) in [6.07, 6.45) is 7.30. The van der Waals surface area contributed by atoms with Crippen LogP contribution in [0.1, 0.15) is 33.4 Å². The number of nitrogens with zero attached hydrogens (tertiary/aromatic N) is 4. The average molecular weight is 759 g/mol. The second kappa shape index (κ2) is 15.5. The molecule has 266 valence electrons. The van der Waals surface area contributed by atoms with Crippen LogP contribution >= 0.6 is 22.7 Å². The first-order valence-electron chi connectivity index (χ1n) is 17.8. The highest BCUT2D eigenvalue weighted by Crippen LogP contribution is 2.42. The van der Waals surface area contributed by atoms with Crippen molar-refractivity contribution in [3.05, 3.63) is 167 Å². The van der Waals surface area contributed by atoms with Crippen LogP contribution in [-0.2, 0) is 22.3 Å². The van der Waals surface area contributed by atoms with Gasteiger partial charge < -0.3 is 0 Å². The lowest BCUT2D eigenvalue weighted by atomic mass is 10.0. The Morgan fingerprint density at radius 2 is 0.815 bits per heavy atom. The zero-order valence-corrected chi connectivity index (χ0v) is 33.0. The highest BCUT2D eigenvalue weighted by molar-refractivity contribution is 7.83. The molecule has 8 heteroatoms. The third-order valence-corrected chi connectivity index (χ3v) is 13.4. The highest BCUT2D eigenvalue weighted by atomic mass is 32.2. The monoisotopic (exact) mass is 758 g/mol. The van der Waals surface area contributed by atoms with E-state index in [1.165, 1.54) is 22.3 Å². The molecule has 0 fully saturated rings. The molecule has 4 aromatic carbocycles. The van der Waals surface area contributed by atoms with Gasteiger partial charge >= 0.3 is 0 Å². The molecule has 0 unspecified atom stereocenters. The molecule has 0 spiro atoms. The fourth-order valence-corrected chi connectivity index (χ4v) is 9.79. The van der Waals surface area contributed by atoms with Crippen LogP contribution in [0.25, 0.3) is 64.5 Å². The molecule has 8 aromatic rings. The van der Waals surface area contributed by atoms with Crippen LogP contribution in [0.5, 0.6) is 0 Å². The summed E-state index contributed by atoms with van der Waals surface area (Å²) >= 11 is 3.37. The van der Waals surface area contributed by atoms with Crippen LogP contribution in [0.3, 0.4) is 0 Å². The summed E-state index contributed by atoms with van der Waals surface area (Å²) in [7, 11) is -1.07. The number of aryl methyl sites for hydroxylation is 4. The van der Waals surface area contributed by atoms with Crippen molar-refractivity contribution < 1.29 is 4.21 Å². The number of pyridine rings is 2. The predicted molar refractivity (Wildman–Crippen MR) is 227 cm³/mol. The van der Waals surface area contributed by atoms with E-state index in [2.05, 4.69) is 123 Å². The van der Waals surface area contributed by atoms with E-state index >= 15 is 0 Å². The zero-order chi connectivity index (χ0) is 37.2. The van der Waals surface area contributed by atoms with Crippen molar-refractivity contribution in [2.45, 2.75) is 39.2 Å². The summed E-state index contributed by atoms with van der Waals surface area (Å²) in [6.45, 7) is 8.54. The van der Waals surface area contributed by atoms with Crippen LogP contribution in [0, 0.1) is 27.7 Å². The minimum Gasteiger partial charge on any atom is -0.265 e. The first-order chi connectivity index (χ1) is 26.3. The summed E-state index contributed by atoms with van der Waals surface area (Å²) in [6, 6.07) is 37.9. The summed E-state index contributed by atoms with van der Waals surface area (Å²) < 4.78 is 13.4. The maximum atomic E-state index is 13.4. The minimum atomic E-state index is -1.07. The van der Waals surface area contributed by atoms with Crippen LogP contribution < -0.4 is 0 Å². The van der Waals surface area contributed by atoms with Gasteiger partial charge in [-0.2, -0.15) is 0 Å². The van der Waals surface area contributed by atoms with Gasteiger partial charge in [0.2, 0.25) is 0 Å². The van der Waals surface area contributed by atoms with E-state index in [-0.39, 0.29) is 0 Å². The van der Waals surface area contributed by atoms with Gasteiger partial charge in [-0.15, -0.1) is 22.7 Å². The second-order valence-corrected chi connectivity index (χ2v) is 17.0. The van der Waals surface area contributed by atoms with Gasteiger partial charge in [-0.25, -0.2) is 9.97 Å². The number of aromatic nitrogens is 4. The summed E-state index contributed by atoms with van der Waals surface area (Å²) in [5.41, 5.74) is 15.6. The van der Waals surface area contributed by atoms with Crippen molar-refractivity contribution in [1.29, 1.82) is 0 Å². The molecule has 8 rings (SSSR count). The Morgan fingerprint density at radius 1 is 0.444 bits per heavy atom. The van der Waals surface area contributed by atoms with Gasteiger partial charge in [0, 0.05) is 69.3 Å². The fourth-order valence-electron chi connectivity index (χ4n) is 6.36. The molecule has 4 heterocycles. The number of benzene rings is 4. The van der Waals surface area contributed by atoms with E-state index in [1.807, 2.05) is 49.1 Å². The number of hydrogen-bond acceptors (Lipinski definition) is 7. The summed E-state index contributed by atoms with van der Waals surface area (Å²) in [5, 5.41) is 1.91.